The van der Waals surface area contributed by atoms with Crippen molar-refractivity contribution in [2.24, 2.45) is 5.92 Å². The molecular formula is C13H22ClN3O3S2. The number of halogens is 1. The van der Waals surface area contributed by atoms with Crippen LogP contribution < -0.4 is 10.0 Å². The number of thiophene rings is 1. The van der Waals surface area contributed by atoms with Crippen LogP contribution in [-0.4, -0.2) is 51.9 Å². The summed E-state index contributed by atoms with van der Waals surface area (Å²) in [6.07, 6.45) is 0.955. The van der Waals surface area contributed by atoms with Crippen LogP contribution in [0.2, 0.25) is 0 Å². The Labute approximate surface area is 141 Å². The molecule has 0 radical (unpaired) electrons. The highest BCUT2D eigenvalue weighted by atomic mass is 35.5. The Kier molecular flexibility index (Phi) is 7.27. The standard InChI is InChI=1S/C13H21N3O3S2.ClH/c1-10(15-21(18,19)12-4-3-7-20-12)13(17)16-6-5-11(9-16)8-14-2;/h3-4,7,10-11,14-15H,5-6,8-9H2,1-2H3;1H. The summed E-state index contributed by atoms with van der Waals surface area (Å²) in [4.78, 5) is 14.1. The maximum absolute atomic E-state index is 12.3. The minimum absolute atomic E-state index is 0. The van der Waals surface area contributed by atoms with Gasteiger partial charge in [0.25, 0.3) is 10.0 Å². The van der Waals surface area contributed by atoms with Crippen LogP contribution in [0.4, 0.5) is 0 Å². The molecule has 1 fully saturated rings. The maximum Gasteiger partial charge on any atom is 0.250 e. The van der Waals surface area contributed by atoms with E-state index in [1.165, 1.54) is 6.07 Å². The molecule has 2 rings (SSSR count). The van der Waals surface area contributed by atoms with Gasteiger partial charge >= 0.3 is 0 Å². The van der Waals surface area contributed by atoms with Crippen molar-refractivity contribution in [2.45, 2.75) is 23.6 Å². The topological polar surface area (TPSA) is 78.5 Å². The van der Waals surface area contributed by atoms with Gasteiger partial charge in [-0.2, -0.15) is 4.72 Å². The number of carbonyl (C=O) groups excluding carboxylic acids is 1. The van der Waals surface area contributed by atoms with Crippen LogP contribution in [0.5, 0.6) is 0 Å². The van der Waals surface area contributed by atoms with Crippen molar-refractivity contribution in [3.63, 3.8) is 0 Å². The molecule has 126 valence electrons. The summed E-state index contributed by atoms with van der Waals surface area (Å²) in [6.45, 7) is 3.85. The highest BCUT2D eigenvalue weighted by Crippen LogP contribution is 2.18. The molecule has 0 aliphatic carbocycles. The number of amides is 1. The van der Waals surface area contributed by atoms with Gasteiger partial charge in [-0.05, 0) is 44.3 Å². The molecule has 2 heterocycles. The molecule has 2 unspecified atom stereocenters. The highest BCUT2D eigenvalue weighted by molar-refractivity contribution is 7.91. The van der Waals surface area contributed by atoms with Gasteiger partial charge < -0.3 is 10.2 Å². The zero-order valence-electron chi connectivity index (χ0n) is 12.6. The second-order valence-corrected chi connectivity index (χ2v) is 8.16. The molecular weight excluding hydrogens is 346 g/mol. The van der Waals surface area contributed by atoms with E-state index in [-0.39, 0.29) is 22.5 Å². The number of hydrogen-bond donors (Lipinski definition) is 2. The van der Waals surface area contributed by atoms with Crippen molar-refractivity contribution in [3.8, 4) is 0 Å². The monoisotopic (exact) mass is 367 g/mol. The zero-order chi connectivity index (χ0) is 15.5. The molecule has 0 saturated carbocycles. The van der Waals surface area contributed by atoms with Crippen molar-refractivity contribution in [1.82, 2.24) is 14.9 Å². The molecule has 2 atom stereocenters. The van der Waals surface area contributed by atoms with E-state index < -0.39 is 16.1 Å². The SMILES string of the molecule is CNCC1CCN(C(=O)C(C)NS(=O)(=O)c2cccs2)C1.Cl. The van der Waals surface area contributed by atoms with Crippen LogP contribution in [0.3, 0.4) is 0 Å². The second kappa shape index (κ2) is 8.26. The van der Waals surface area contributed by atoms with Gasteiger partial charge in [-0.25, -0.2) is 8.42 Å². The number of sulfonamides is 1. The van der Waals surface area contributed by atoms with Crippen LogP contribution in [0.15, 0.2) is 21.7 Å². The fourth-order valence-corrected chi connectivity index (χ4v) is 4.73. The lowest BCUT2D eigenvalue weighted by Crippen LogP contribution is -2.46. The third kappa shape index (κ3) is 4.66. The van der Waals surface area contributed by atoms with E-state index in [1.807, 2.05) is 7.05 Å². The van der Waals surface area contributed by atoms with Gasteiger partial charge in [-0.15, -0.1) is 23.7 Å². The Morgan fingerprint density at radius 1 is 1.55 bits per heavy atom. The number of likely N-dealkylation sites (tertiary alicyclic amines) is 1. The van der Waals surface area contributed by atoms with Crippen molar-refractivity contribution >= 4 is 39.7 Å². The van der Waals surface area contributed by atoms with Crippen molar-refractivity contribution in [3.05, 3.63) is 17.5 Å². The first-order valence-electron chi connectivity index (χ1n) is 6.93. The Morgan fingerprint density at radius 2 is 2.27 bits per heavy atom. The van der Waals surface area contributed by atoms with Crippen LogP contribution in [-0.2, 0) is 14.8 Å². The molecule has 1 aliphatic rings. The molecule has 1 amide bonds. The third-order valence-corrected chi connectivity index (χ3v) is 6.49. The van der Waals surface area contributed by atoms with Gasteiger partial charge in [0.2, 0.25) is 5.91 Å². The lowest BCUT2D eigenvalue weighted by Gasteiger charge is -2.21. The Bertz CT molecular complexity index is 577. The first kappa shape index (κ1) is 19.4. The molecule has 0 aromatic carbocycles. The number of rotatable bonds is 6. The van der Waals surface area contributed by atoms with Crippen LogP contribution >= 0.6 is 23.7 Å². The summed E-state index contributed by atoms with van der Waals surface area (Å²) in [5.41, 5.74) is 0. The van der Waals surface area contributed by atoms with Crippen LogP contribution in [0.25, 0.3) is 0 Å². The number of carbonyl (C=O) groups is 1. The summed E-state index contributed by atoms with van der Waals surface area (Å²) in [6, 6.07) is 2.46. The van der Waals surface area contributed by atoms with E-state index in [1.54, 1.807) is 23.3 Å². The maximum atomic E-state index is 12.3. The smallest absolute Gasteiger partial charge is 0.250 e. The number of hydrogen-bond acceptors (Lipinski definition) is 5. The molecule has 1 aromatic rings. The van der Waals surface area contributed by atoms with E-state index >= 15 is 0 Å². The lowest BCUT2D eigenvalue weighted by atomic mass is 10.1. The first-order valence-corrected chi connectivity index (χ1v) is 9.29. The molecule has 2 N–H and O–H groups in total. The highest BCUT2D eigenvalue weighted by Gasteiger charge is 2.31. The summed E-state index contributed by atoms with van der Waals surface area (Å²) >= 11 is 1.14. The molecule has 22 heavy (non-hydrogen) atoms. The Hall–Kier alpha value is -0.670. The van der Waals surface area contributed by atoms with E-state index in [0.29, 0.717) is 19.0 Å². The largest absolute Gasteiger partial charge is 0.341 e. The summed E-state index contributed by atoms with van der Waals surface area (Å²) in [7, 11) is -1.71. The first-order chi connectivity index (χ1) is 9.94. The molecule has 1 aliphatic heterocycles. The molecule has 1 saturated heterocycles. The van der Waals surface area contributed by atoms with Gasteiger partial charge in [-0.3, -0.25) is 4.79 Å². The fraction of sp³-hybridized carbons (Fsp3) is 0.615. The average molecular weight is 368 g/mol. The van der Waals surface area contributed by atoms with Gasteiger partial charge in [0, 0.05) is 13.1 Å². The minimum atomic E-state index is -3.61. The van der Waals surface area contributed by atoms with E-state index in [9.17, 15) is 13.2 Å². The van der Waals surface area contributed by atoms with Gasteiger partial charge in [0.15, 0.2) is 0 Å². The van der Waals surface area contributed by atoms with Crippen molar-refractivity contribution < 1.29 is 13.2 Å². The molecule has 0 bridgehead atoms. The zero-order valence-corrected chi connectivity index (χ0v) is 15.1. The Balaban J connectivity index is 0.00000242. The number of nitrogens with zero attached hydrogens (tertiary/aromatic N) is 1. The van der Waals surface area contributed by atoms with E-state index in [2.05, 4.69) is 10.0 Å². The summed E-state index contributed by atoms with van der Waals surface area (Å²) < 4.78 is 26.9. The van der Waals surface area contributed by atoms with Gasteiger partial charge in [-0.1, -0.05) is 6.07 Å². The fourth-order valence-electron chi connectivity index (χ4n) is 2.52. The Morgan fingerprint density at radius 3 is 2.86 bits per heavy atom. The molecule has 9 heteroatoms. The van der Waals surface area contributed by atoms with Crippen molar-refractivity contribution in [2.75, 3.05) is 26.7 Å². The van der Waals surface area contributed by atoms with E-state index in [4.69, 9.17) is 0 Å². The minimum Gasteiger partial charge on any atom is -0.341 e. The molecule has 6 nitrogen and oxygen atoms in total. The summed E-state index contributed by atoms with van der Waals surface area (Å²) in [5.74, 6) is 0.286. The van der Waals surface area contributed by atoms with Crippen molar-refractivity contribution in [1.29, 1.82) is 0 Å². The normalized spacial score (nSPS) is 19.7. The van der Waals surface area contributed by atoms with Crippen LogP contribution in [0.1, 0.15) is 13.3 Å². The predicted octanol–water partition coefficient (Wildman–Crippen LogP) is 0.905. The van der Waals surface area contributed by atoms with E-state index in [0.717, 1.165) is 24.3 Å². The molecule has 0 spiro atoms. The van der Waals surface area contributed by atoms with Crippen LogP contribution in [0, 0.1) is 5.92 Å². The van der Waals surface area contributed by atoms with Gasteiger partial charge in [0.05, 0.1) is 6.04 Å². The lowest BCUT2D eigenvalue weighted by molar-refractivity contribution is -0.131. The summed E-state index contributed by atoms with van der Waals surface area (Å²) in [5, 5.41) is 4.81. The van der Waals surface area contributed by atoms with Gasteiger partial charge in [0.1, 0.15) is 4.21 Å². The third-order valence-electron chi connectivity index (χ3n) is 3.55. The quantitative estimate of drug-likeness (QED) is 0.783. The average Bonchev–Trinajstić information content (AvgIpc) is 3.09. The predicted molar refractivity (Wildman–Crippen MR) is 90.0 cm³/mol. The molecule has 1 aromatic heterocycles. The second-order valence-electron chi connectivity index (χ2n) is 5.27. The number of nitrogens with one attached hydrogen (secondary N) is 2.